The highest BCUT2D eigenvalue weighted by atomic mass is 16.2. The monoisotopic (exact) mass is 236 g/mol. The lowest BCUT2D eigenvalue weighted by Crippen LogP contribution is -2.29. The Bertz CT molecular complexity index is 431. The molecule has 0 saturated heterocycles. The van der Waals surface area contributed by atoms with Crippen molar-refractivity contribution in [1.29, 1.82) is 0 Å². The number of nitrogens with one attached hydrogen (secondary N) is 2. The summed E-state index contributed by atoms with van der Waals surface area (Å²) in [6.45, 7) is 2.55. The summed E-state index contributed by atoms with van der Waals surface area (Å²) < 4.78 is 0. The second kappa shape index (κ2) is 5.74. The third-order valence-corrected chi connectivity index (χ3v) is 2.15. The molecule has 6 heteroatoms. The molecule has 2 amide bonds. The first-order valence-corrected chi connectivity index (χ1v) is 5.24. The van der Waals surface area contributed by atoms with Gasteiger partial charge in [0.15, 0.2) is 0 Å². The van der Waals surface area contributed by atoms with E-state index in [1.165, 1.54) is 6.07 Å². The van der Waals surface area contributed by atoms with E-state index in [1.54, 1.807) is 12.1 Å². The molecule has 92 valence electrons. The number of hydrogen-bond acceptors (Lipinski definition) is 4. The SMILES string of the molecule is CCNC(=O)CNc1ccc(C(N)=O)cc1N. The van der Waals surface area contributed by atoms with Crippen LogP contribution in [-0.4, -0.2) is 24.9 Å². The second-order valence-corrected chi connectivity index (χ2v) is 3.47. The van der Waals surface area contributed by atoms with E-state index < -0.39 is 5.91 Å². The van der Waals surface area contributed by atoms with Crippen LogP contribution in [-0.2, 0) is 4.79 Å². The molecule has 0 unspecified atom stereocenters. The Morgan fingerprint density at radius 3 is 2.59 bits per heavy atom. The maximum atomic E-state index is 11.2. The van der Waals surface area contributed by atoms with E-state index in [4.69, 9.17) is 11.5 Å². The highest BCUT2D eigenvalue weighted by molar-refractivity contribution is 5.95. The normalized spacial score (nSPS) is 9.71. The number of benzene rings is 1. The number of rotatable bonds is 5. The zero-order valence-electron chi connectivity index (χ0n) is 9.62. The maximum Gasteiger partial charge on any atom is 0.248 e. The molecule has 17 heavy (non-hydrogen) atoms. The molecule has 0 aliphatic rings. The van der Waals surface area contributed by atoms with E-state index in [0.29, 0.717) is 23.5 Å². The summed E-state index contributed by atoms with van der Waals surface area (Å²) in [4.78, 5) is 22.1. The Balaban J connectivity index is 2.66. The Morgan fingerprint density at radius 1 is 1.35 bits per heavy atom. The van der Waals surface area contributed by atoms with Gasteiger partial charge in [0, 0.05) is 12.1 Å². The number of hydrogen-bond donors (Lipinski definition) is 4. The molecule has 0 radical (unpaired) electrons. The van der Waals surface area contributed by atoms with Crippen LogP contribution in [0.2, 0.25) is 0 Å². The van der Waals surface area contributed by atoms with E-state index in [1.807, 2.05) is 6.92 Å². The largest absolute Gasteiger partial charge is 0.397 e. The number of carbonyl (C=O) groups excluding carboxylic acids is 2. The Kier molecular flexibility index (Phi) is 4.33. The van der Waals surface area contributed by atoms with Gasteiger partial charge in [0.25, 0.3) is 0 Å². The number of carbonyl (C=O) groups is 2. The summed E-state index contributed by atoms with van der Waals surface area (Å²) in [6, 6.07) is 4.65. The van der Waals surface area contributed by atoms with Gasteiger partial charge >= 0.3 is 0 Å². The minimum absolute atomic E-state index is 0.120. The van der Waals surface area contributed by atoms with Crippen molar-refractivity contribution >= 4 is 23.2 Å². The molecular formula is C11H16N4O2. The maximum absolute atomic E-state index is 11.2. The fourth-order valence-electron chi connectivity index (χ4n) is 1.31. The van der Waals surface area contributed by atoms with Gasteiger partial charge in [-0.3, -0.25) is 9.59 Å². The quantitative estimate of drug-likeness (QED) is 0.536. The number of primary amides is 1. The first-order chi connectivity index (χ1) is 8.04. The second-order valence-electron chi connectivity index (χ2n) is 3.47. The lowest BCUT2D eigenvalue weighted by molar-refractivity contribution is -0.119. The average molecular weight is 236 g/mol. The van der Waals surface area contributed by atoms with Crippen LogP contribution < -0.4 is 22.1 Å². The predicted molar refractivity (Wildman–Crippen MR) is 66.5 cm³/mol. The molecule has 0 bridgehead atoms. The van der Waals surface area contributed by atoms with Gasteiger partial charge in [-0.05, 0) is 25.1 Å². The van der Waals surface area contributed by atoms with Crippen LogP contribution in [0.4, 0.5) is 11.4 Å². The Hall–Kier alpha value is -2.24. The number of anilines is 2. The van der Waals surface area contributed by atoms with Crippen molar-refractivity contribution < 1.29 is 9.59 Å². The topological polar surface area (TPSA) is 110 Å². The van der Waals surface area contributed by atoms with Crippen molar-refractivity contribution in [2.75, 3.05) is 24.1 Å². The molecule has 0 saturated carbocycles. The lowest BCUT2D eigenvalue weighted by Gasteiger charge is -2.09. The van der Waals surface area contributed by atoms with Crippen LogP contribution in [0.15, 0.2) is 18.2 Å². The highest BCUT2D eigenvalue weighted by Crippen LogP contribution is 2.19. The minimum Gasteiger partial charge on any atom is -0.397 e. The molecule has 6 nitrogen and oxygen atoms in total. The molecule has 1 aromatic carbocycles. The molecule has 0 aliphatic heterocycles. The van der Waals surface area contributed by atoms with Gasteiger partial charge in [0.2, 0.25) is 11.8 Å². The molecule has 1 rings (SSSR count). The van der Waals surface area contributed by atoms with Gasteiger partial charge < -0.3 is 22.1 Å². The standard InChI is InChI=1S/C11H16N4O2/c1-2-14-10(16)6-15-9-4-3-7(11(13)17)5-8(9)12/h3-5,15H,2,6,12H2,1H3,(H2,13,17)(H,14,16). The molecular weight excluding hydrogens is 220 g/mol. The third kappa shape index (κ3) is 3.67. The first-order valence-electron chi connectivity index (χ1n) is 5.24. The summed E-state index contributed by atoms with van der Waals surface area (Å²) in [7, 11) is 0. The zero-order chi connectivity index (χ0) is 12.8. The average Bonchev–Trinajstić information content (AvgIpc) is 2.27. The minimum atomic E-state index is -0.535. The van der Waals surface area contributed by atoms with E-state index in [-0.39, 0.29) is 12.5 Å². The van der Waals surface area contributed by atoms with Gasteiger partial charge in [0.05, 0.1) is 17.9 Å². The van der Waals surface area contributed by atoms with E-state index in [9.17, 15) is 9.59 Å². The van der Waals surface area contributed by atoms with Crippen LogP contribution in [0.3, 0.4) is 0 Å². The smallest absolute Gasteiger partial charge is 0.248 e. The summed E-state index contributed by atoms with van der Waals surface area (Å²) >= 11 is 0. The van der Waals surface area contributed by atoms with Gasteiger partial charge in [-0.2, -0.15) is 0 Å². The van der Waals surface area contributed by atoms with Crippen LogP contribution in [0.25, 0.3) is 0 Å². The molecule has 0 spiro atoms. The van der Waals surface area contributed by atoms with Gasteiger partial charge in [-0.25, -0.2) is 0 Å². The van der Waals surface area contributed by atoms with E-state index in [0.717, 1.165) is 0 Å². The Labute approximate surface area is 99.4 Å². The molecule has 6 N–H and O–H groups in total. The molecule has 0 aromatic heterocycles. The molecule has 0 aliphatic carbocycles. The summed E-state index contributed by atoms with van der Waals surface area (Å²) in [5, 5.41) is 5.52. The van der Waals surface area contributed by atoms with Crippen LogP contribution in [0.1, 0.15) is 17.3 Å². The van der Waals surface area contributed by atoms with Crippen LogP contribution >= 0.6 is 0 Å². The highest BCUT2D eigenvalue weighted by Gasteiger charge is 2.05. The third-order valence-electron chi connectivity index (χ3n) is 2.15. The molecule has 0 atom stereocenters. The van der Waals surface area contributed by atoms with Crippen molar-refractivity contribution in [3.05, 3.63) is 23.8 Å². The summed E-state index contributed by atoms with van der Waals surface area (Å²) in [5.41, 5.74) is 12.2. The number of likely N-dealkylation sites (N-methyl/N-ethyl adjacent to an activating group) is 1. The summed E-state index contributed by atoms with van der Waals surface area (Å²) in [5.74, 6) is -0.655. The number of amides is 2. The van der Waals surface area contributed by atoms with Gasteiger partial charge in [0.1, 0.15) is 0 Å². The van der Waals surface area contributed by atoms with Crippen LogP contribution in [0, 0.1) is 0 Å². The van der Waals surface area contributed by atoms with Gasteiger partial charge in [-0.1, -0.05) is 0 Å². The molecule has 0 heterocycles. The van der Waals surface area contributed by atoms with E-state index in [2.05, 4.69) is 10.6 Å². The summed E-state index contributed by atoms with van der Waals surface area (Å²) in [6.07, 6.45) is 0. The molecule has 0 fully saturated rings. The zero-order valence-corrected chi connectivity index (χ0v) is 9.62. The van der Waals surface area contributed by atoms with E-state index >= 15 is 0 Å². The van der Waals surface area contributed by atoms with Crippen molar-refractivity contribution in [1.82, 2.24) is 5.32 Å². The molecule has 1 aromatic rings. The Morgan fingerprint density at radius 2 is 2.06 bits per heavy atom. The fourth-order valence-corrected chi connectivity index (χ4v) is 1.31. The van der Waals surface area contributed by atoms with Crippen molar-refractivity contribution in [2.24, 2.45) is 5.73 Å². The van der Waals surface area contributed by atoms with Gasteiger partial charge in [-0.15, -0.1) is 0 Å². The fraction of sp³-hybridized carbons (Fsp3) is 0.273. The van der Waals surface area contributed by atoms with Crippen molar-refractivity contribution in [2.45, 2.75) is 6.92 Å². The number of nitrogens with two attached hydrogens (primary N) is 2. The van der Waals surface area contributed by atoms with Crippen molar-refractivity contribution in [3.8, 4) is 0 Å². The first kappa shape index (κ1) is 12.8. The predicted octanol–water partition coefficient (Wildman–Crippen LogP) is -0.0843. The lowest BCUT2D eigenvalue weighted by atomic mass is 10.1. The van der Waals surface area contributed by atoms with Crippen LogP contribution in [0.5, 0.6) is 0 Å². The van der Waals surface area contributed by atoms with Crippen molar-refractivity contribution in [3.63, 3.8) is 0 Å². The number of nitrogen functional groups attached to an aromatic ring is 1.